The van der Waals surface area contributed by atoms with E-state index in [9.17, 15) is 14.1 Å². The van der Waals surface area contributed by atoms with Gasteiger partial charge in [-0.25, -0.2) is 9.78 Å². The molecule has 1 atom stereocenters. The van der Waals surface area contributed by atoms with Crippen molar-refractivity contribution in [2.45, 2.75) is 23.5 Å². The summed E-state index contributed by atoms with van der Waals surface area (Å²) in [6.07, 6.45) is 1.59. The lowest BCUT2D eigenvalue weighted by molar-refractivity contribution is 0.0527. The van der Waals surface area contributed by atoms with Gasteiger partial charge < -0.3 is 20.1 Å². The number of hydrogen-bond donors (Lipinski definition) is 2. The van der Waals surface area contributed by atoms with E-state index in [2.05, 4.69) is 20.9 Å². The van der Waals surface area contributed by atoms with Crippen LogP contribution < -0.4 is 5.73 Å². The Kier molecular flexibility index (Phi) is 8.15. The van der Waals surface area contributed by atoms with Gasteiger partial charge in [-0.05, 0) is 41.1 Å². The van der Waals surface area contributed by atoms with Gasteiger partial charge in [0.15, 0.2) is 0 Å². The number of phenolic OH excluding ortho intramolecular Hbond substituents is 1. The third-order valence-corrected chi connectivity index (χ3v) is 7.63. The van der Waals surface area contributed by atoms with Gasteiger partial charge in [0, 0.05) is 47.9 Å². The van der Waals surface area contributed by atoms with Gasteiger partial charge in [0.05, 0.1) is 38.7 Å². The van der Waals surface area contributed by atoms with Crippen LogP contribution in [-0.2, 0) is 34.1 Å². The molecule has 0 aliphatic heterocycles. The van der Waals surface area contributed by atoms with Gasteiger partial charge in [-0.2, -0.15) is 11.8 Å². The summed E-state index contributed by atoms with van der Waals surface area (Å²) in [5, 5.41) is 11.8. The van der Waals surface area contributed by atoms with Gasteiger partial charge >= 0.3 is 5.97 Å². The predicted octanol–water partition coefficient (Wildman–Crippen LogP) is 3.72. The van der Waals surface area contributed by atoms with Crippen LogP contribution in [0.1, 0.15) is 28.5 Å². The molecular weight excluding hydrogens is 502 g/mol. The topological polar surface area (TPSA) is 107 Å². The number of ether oxygens (including phenoxy) is 1. The molecule has 0 radical (unpaired) electrons. The summed E-state index contributed by atoms with van der Waals surface area (Å²) in [6.45, 7) is 2.45. The number of nitrogens with two attached hydrogens (primary N) is 1. The van der Waals surface area contributed by atoms with Crippen molar-refractivity contribution in [1.29, 1.82) is 0 Å². The third-order valence-electron chi connectivity index (χ3n) is 4.77. The number of pyridine rings is 1. The summed E-state index contributed by atoms with van der Waals surface area (Å²) >= 11 is 4.98. The van der Waals surface area contributed by atoms with Gasteiger partial charge in [-0.3, -0.25) is 4.21 Å². The first-order valence-corrected chi connectivity index (χ1v) is 12.9. The highest BCUT2D eigenvalue weighted by Gasteiger charge is 2.28. The van der Waals surface area contributed by atoms with Crippen LogP contribution in [0.25, 0.3) is 10.9 Å². The van der Waals surface area contributed by atoms with Crippen molar-refractivity contribution in [1.82, 2.24) is 9.55 Å². The van der Waals surface area contributed by atoms with Crippen molar-refractivity contribution in [2.75, 3.05) is 18.9 Å². The molecule has 31 heavy (non-hydrogen) atoms. The van der Waals surface area contributed by atoms with Gasteiger partial charge in [-0.1, -0.05) is 6.07 Å². The first kappa shape index (κ1) is 23.8. The Labute approximate surface area is 196 Å². The summed E-state index contributed by atoms with van der Waals surface area (Å²) in [6, 6.07) is 6.99. The van der Waals surface area contributed by atoms with E-state index in [1.807, 2.05) is 11.6 Å². The van der Waals surface area contributed by atoms with Crippen LogP contribution in [0.2, 0.25) is 0 Å². The zero-order valence-electron chi connectivity index (χ0n) is 17.3. The van der Waals surface area contributed by atoms with Gasteiger partial charge in [-0.15, -0.1) is 0 Å². The zero-order valence-corrected chi connectivity index (χ0v) is 20.5. The number of fused-ring (bicyclic) bond motifs is 1. The van der Waals surface area contributed by atoms with Gasteiger partial charge in [0.2, 0.25) is 0 Å². The van der Waals surface area contributed by atoms with E-state index in [0.717, 1.165) is 5.52 Å². The fraction of sp³-hybridized carbons (Fsp3) is 0.333. The van der Waals surface area contributed by atoms with E-state index in [0.29, 0.717) is 49.8 Å². The number of nitrogens with zero attached hydrogens (tertiary/aromatic N) is 2. The maximum Gasteiger partial charge on any atom is 0.340 e. The quantitative estimate of drug-likeness (QED) is 0.323. The molecular formula is C21H24BrN3O4S2. The lowest BCUT2D eigenvalue weighted by atomic mass is 10.0. The molecule has 7 nitrogen and oxygen atoms in total. The number of carbonyl (C=O) groups excluding carboxylic acids is 1. The molecule has 0 aliphatic carbocycles. The average molecular weight is 526 g/mol. The maximum atomic E-state index is 13.0. The lowest BCUT2D eigenvalue weighted by Gasteiger charge is -2.11. The minimum absolute atomic E-state index is 0.0746. The monoisotopic (exact) mass is 525 g/mol. The van der Waals surface area contributed by atoms with E-state index in [1.54, 1.807) is 49.1 Å². The van der Waals surface area contributed by atoms with E-state index in [4.69, 9.17) is 10.5 Å². The molecule has 3 rings (SSSR count). The van der Waals surface area contributed by atoms with Crippen LogP contribution in [0.15, 0.2) is 40.0 Å². The second kappa shape index (κ2) is 10.6. The SMILES string of the molecule is CCOC(=O)c1c(CS(=O)c2ccccn2)n(C)c2cc(Br)c(O)c(CSCCN)c12. The molecule has 1 aromatic carbocycles. The molecule has 2 heterocycles. The standard InChI is InChI=1S/C21H24BrN3O4S2/c1-3-29-21(27)19-16(12-31(28)17-6-4-5-8-24-17)25(2)15-10-14(22)20(26)13(18(15)19)11-30-9-7-23/h4-6,8,10,26H,3,7,9,11-12,23H2,1-2H3. The number of aromatic hydroxyl groups is 1. The van der Waals surface area contributed by atoms with Crippen molar-refractivity contribution in [3.8, 4) is 5.75 Å². The number of rotatable bonds is 9. The smallest absolute Gasteiger partial charge is 0.340 e. The fourth-order valence-corrected chi connectivity index (χ4v) is 5.74. The molecule has 166 valence electrons. The normalized spacial score (nSPS) is 12.3. The minimum Gasteiger partial charge on any atom is -0.506 e. The van der Waals surface area contributed by atoms with Crippen molar-refractivity contribution < 1.29 is 18.8 Å². The Morgan fingerprint density at radius 3 is 2.84 bits per heavy atom. The molecule has 1 unspecified atom stereocenters. The number of hydrogen-bond acceptors (Lipinski definition) is 7. The summed E-state index contributed by atoms with van der Waals surface area (Å²) in [5.74, 6) is 0.840. The van der Waals surface area contributed by atoms with Crippen LogP contribution in [0.3, 0.4) is 0 Å². The number of benzene rings is 1. The summed E-state index contributed by atoms with van der Waals surface area (Å²) < 4.78 is 20.7. The highest BCUT2D eigenvalue weighted by Crippen LogP contribution is 2.41. The second-order valence-electron chi connectivity index (χ2n) is 6.68. The molecule has 0 spiro atoms. The highest BCUT2D eigenvalue weighted by atomic mass is 79.9. The van der Waals surface area contributed by atoms with Gasteiger partial charge in [0.25, 0.3) is 0 Å². The van der Waals surface area contributed by atoms with Crippen LogP contribution >= 0.6 is 27.7 Å². The number of esters is 1. The Bertz CT molecular complexity index is 1120. The molecule has 0 fully saturated rings. The fourth-order valence-electron chi connectivity index (χ4n) is 3.35. The number of aromatic nitrogens is 2. The largest absolute Gasteiger partial charge is 0.506 e. The van der Waals surface area contributed by atoms with Crippen molar-refractivity contribution >= 4 is 55.4 Å². The molecule has 0 aliphatic rings. The number of aryl methyl sites for hydroxylation is 1. The molecule has 2 aromatic heterocycles. The van der Waals surface area contributed by atoms with Crippen molar-refractivity contribution in [3.63, 3.8) is 0 Å². The van der Waals surface area contributed by atoms with E-state index >= 15 is 0 Å². The molecule has 0 bridgehead atoms. The van der Waals surface area contributed by atoms with Crippen LogP contribution in [-0.4, -0.2) is 43.7 Å². The Morgan fingerprint density at radius 1 is 1.42 bits per heavy atom. The number of carbonyl (C=O) groups is 1. The number of halogens is 1. The second-order valence-corrected chi connectivity index (χ2v) is 10.0. The Balaban J connectivity index is 2.22. The Morgan fingerprint density at radius 2 is 2.19 bits per heavy atom. The molecule has 3 aromatic rings. The molecule has 0 saturated carbocycles. The third kappa shape index (κ3) is 4.97. The number of thioether (sulfide) groups is 1. The molecule has 3 N–H and O–H groups in total. The minimum atomic E-state index is -1.46. The first-order chi connectivity index (χ1) is 14.9. The first-order valence-electron chi connectivity index (χ1n) is 9.66. The van der Waals surface area contributed by atoms with Crippen LogP contribution in [0.5, 0.6) is 5.75 Å². The van der Waals surface area contributed by atoms with E-state index < -0.39 is 16.8 Å². The molecule has 10 heteroatoms. The van der Waals surface area contributed by atoms with Gasteiger partial charge in [0.1, 0.15) is 10.8 Å². The van der Waals surface area contributed by atoms with E-state index in [1.165, 1.54) is 0 Å². The van der Waals surface area contributed by atoms with Crippen LogP contribution in [0.4, 0.5) is 0 Å². The average Bonchev–Trinajstić information content (AvgIpc) is 3.03. The van der Waals surface area contributed by atoms with E-state index in [-0.39, 0.29) is 18.1 Å². The van der Waals surface area contributed by atoms with Crippen LogP contribution in [0, 0.1) is 0 Å². The summed E-state index contributed by atoms with van der Waals surface area (Å²) in [7, 11) is 0.354. The maximum absolute atomic E-state index is 13.0. The Hall–Kier alpha value is -1.88. The zero-order chi connectivity index (χ0) is 22.5. The molecule has 0 amide bonds. The predicted molar refractivity (Wildman–Crippen MR) is 128 cm³/mol. The summed E-state index contributed by atoms with van der Waals surface area (Å²) in [4.78, 5) is 17.2. The molecule has 0 saturated heterocycles. The summed E-state index contributed by atoms with van der Waals surface area (Å²) in [5.41, 5.74) is 7.88. The van der Waals surface area contributed by atoms with Crippen molar-refractivity contribution in [2.24, 2.45) is 12.8 Å². The highest BCUT2D eigenvalue weighted by molar-refractivity contribution is 9.10. The lowest BCUT2D eigenvalue weighted by Crippen LogP contribution is -2.11. The number of phenols is 1. The van der Waals surface area contributed by atoms with Crippen molar-refractivity contribution in [3.05, 3.63) is 51.8 Å².